The Morgan fingerprint density at radius 1 is 1.36 bits per heavy atom. The first-order chi connectivity index (χ1) is 6.70. The standard InChI is InChI=1S/C10H9NO3/c11-5-7-4-9(13)8-2-1-6(12)3-10(8)14-7/h1-4,12H,5,11H2. The van der Waals surface area contributed by atoms with Crippen LogP contribution in [0, 0.1) is 0 Å². The SMILES string of the molecule is NCc1cc(=O)c2ccc(O)cc2o1. The lowest BCUT2D eigenvalue weighted by atomic mass is 10.2. The van der Waals surface area contributed by atoms with Gasteiger partial charge in [0.2, 0.25) is 0 Å². The summed E-state index contributed by atoms with van der Waals surface area (Å²) in [5.41, 5.74) is 5.57. The third-order valence-electron chi connectivity index (χ3n) is 1.96. The molecule has 14 heavy (non-hydrogen) atoms. The molecule has 0 fully saturated rings. The van der Waals surface area contributed by atoms with Crippen LogP contribution in [0.2, 0.25) is 0 Å². The van der Waals surface area contributed by atoms with Crippen molar-refractivity contribution < 1.29 is 9.52 Å². The summed E-state index contributed by atoms with van der Waals surface area (Å²) in [5, 5.41) is 9.64. The summed E-state index contributed by atoms with van der Waals surface area (Å²) in [6.07, 6.45) is 0. The molecule has 0 saturated carbocycles. The third-order valence-corrected chi connectivity index (χ3v) is 1.96. The van der Waals surface area contributed by atoms with E-state index in [0.29, 0.717) is 16.7 Å². The number of nitrogens with two attached hydrogens (primary N) is 1. The van der Waals surface area contributed by atoms with Crippen molar-refractivity contribution in [3.05, 3.63) is 40.2 Å². The Balaban J connectivity index is 2.84. The first-order valence-corrected chi connectivity index (χ1v) is 4.16. The maximum Gasteiger partial charge on any atom is 0.193 e. The van der Waals surface area contributed by atoms with E-state index in [9.17, 15) is 9.90 Å². The molecule has 3 N–H and O–H groups in total. The molecule has 0 aliphatic rings. The Morgan fingerprint density at radius 2 is 2.14 bits per heavy atom. The van der Waals surface area contributed by atoms with Crippen molar-refractivity contribution >= 4 is 11.0 Å². The summed E-state index contributed by atoms with van der Waals surface area (Å²) in [7, 11) is 0. The monoisotopic (exact) mass is 191 g/mol. The second kappa shape index (κ2) is 3.16. The van der Waals surface area contributed by atoms with E-state index >= 15 is 0 Å². The van der Waals surface area contributed by atoms with E-state index in [2.05, 4.69) is 0 Å². The van der Waals surface area contributed by atoms with Crippen LogP contribution in [0.5, 0.6) is 5.75 Å². The van der Waals surface area contributed by atoms with Gasteiger partial charge in [0.05, 0.1) is 11.9 Å². The van der Waals surface area contributed by atoms with Crippen LogP contribution in [-0.2, 0) is 6.54 Å². The molecular weight excluding hydrogens is 182 g/mol. The van der Waals surface area contributed by atoms with Crippen molar-refractivity contribution in [2.24, 2.45) is 5.73 Å². The zero-order valence-electron chi connectivity index (χ0n) is 7.36. The smallest absolute Gasteiger partial charge is 0.193 e. The van der Waals surface area contributed by atoms with Gasteiger partial charge in [0.25, 0.3) is 0 Å². The minimum atomic E-state index is -0.147. The highest BCUT2D eigenvalue weighted by Crippen LogP contribution is 2.17. The second-order valence-corrected chi connectivity index (χ2v) is 2.96. The summed E-state index contributed by atoms with van der Waals surface area (Å²) in [5.74, 6) is 0.475. The molecule has 0 radical (unpaired) electrons. The number of fused-ring (bicyclic) bond motifs is 1. The molecule has 1 aromatic carbocycles. The molecule has 4 nitrogen and oxygen atoms in total. The number of phenolic OH excluding ortho intramolecular Hbond substituents is 1. The molecule has 4 heteroatoms. The lowest BCUT2D eigenvalue weighted by molar-refractivity contribution is 0.472. The fourth-order valence-electron chi connectivity index (χ4n) is 1.29. The van der Waals surface area contributed by atoms with E-state index in [4.69, 9.17) is 10.2 Å². The molecule has 0 spiro atoms. The van der Waals surface area contributed by atoms with Crippen LogP contribution in [0.25, 0.3) is 11.0 Å². The minimum Gasteiger partial charge on any atom is -0.508 e. The van der Waals surface area contributed by atoms with Crippen molar-refractivity contribution in [3.63, 3.8) is 0 Å². The van der Waals surface area contributed by atoms with Crippen molar-refractivity contribution in [2.75, 3.05) is 0 Å². The van der Waals surface area contributed by atoms with Gasteiger partial charge >= 0.3 is 0 Å². The predicted octanol–water partition coefficient (Wildman–Crippen LogP) is 0.957. The van der Waals surface area contributed by atoms with Crippen molar-refractivity contribution in [2.45, 2.75) is 6.54 Å². The molecule has 1 heterocycles. The van der Waals surface area contributed by atoms with Gasteiger partial charge in [0.1, 0.15) is 17.1 Å². The molecule has 72 valence electrons. The van der Waals surface area contributed by atoms with Crippen molar-refractivity contribution in [3.8, 4) is 5.75 Å². The van der Waals surface area contributed by atoms with Crippen LogP contribution in [-0.4, -0.2) is 5.11 Å². The highest BCUT2D eigenvalue weighted by atomic mass is 16.3. The highest BCUT2D eigenvalue weighted by Gasteiger charge is 2.03. The maximum atomic E-state index is 11.5. The Bertz CT molecular complexity index is 530. The van der Waals surface area contributed by atoms with E-state index in [1.807, 2.05) is 0 Å². The predicted molar refractivity (Wildman–Crippen MR) is 52.0 cm³/mol. The zero-order chi connectivity index (χ0) is 10.1. The van der Waals surface area contributed by atoms with Gasteiger partial charge in [-0.3, -0.25) is 4.79 Å². The molecule has 0 amide bonds. The van der Waals surface area contributed by atoms with E-state index in [0.717, 1.165) is 0 Å². The largest absolute Gasteiger partial charge is 0.508 e. The van der Waals surface area contributed by atoms with Crippen LogP contribution in [0.3, 0.4) is 0 Å². The summed E-state index contributed by atoms with van der Waals surface area (Å²) in [6, 6.07) is 5.73. The maximum absolute atomic E-state index is 11.5. The Morgan fingerprint density at radius 3 is 2.86 bits per heavy atom. The summed E-state index contributed by atoms with van der Waals surface area (Å²) < 4.78 is 5.29. The molecule has 2 aromatic rings. The van der Waals surface area contributed by atoms with Crippen LogP contribution in [0.1, 0.15) is 5.76 Å². The number of benzene rings is 1. The molecular formula is C10H9NO3. The molecule has 2 rings (SSSR count). The first kappa shape index (κ1) is 8.77. The molecule has 0 saturated heterocycles. The minimum absolute atomic E-state index is 0.0646. The van der Waals surface area contributed by atoms with Crippen LogP contribution in [0.4, 0.5) is 0 Å². The molecule has 0 atom stereocenters. The van der Waals surface area contributed by atoms with E-state index in [1.165, 1.54) is 24.3 Å². The summed E-state index contributed by atoms with van der Waals surface area (Å²) in [4.78, 5) is 11.5. The summed E-state index contributed by atoms with van der Waals surface area (Å²) >= 11 is 0. The molecule has 0 unspecified atom stereocenters. The fraction of sp³-hybridized carbons (Fsp3) is 0.100. The van der Waals surface area contributed by atoms with Crippen LogP contribution >= 0.6 is 0 Å². The van der Waals surface area contributed by atoms with E-state index in [-0.39, 0.29) is 17.7 Å². The van der Waals surface area contributed by atoms with Gasteiger partial charge < -0.3 is 15.3 Å². The number of phenols is 1. The number of aromatic hydroxyl groups is 1. The van der Waals surface area contributed by atoms with Gasteiger partial charge in [0, 0.05) is 12.1 Å². The Kier molecular flexibility index (Phi) is 1.98. The number of hydrogen-bond donors (Lipinski definition) is 2. The number of hydrogen-bond acceptors (Lipinski definition) is 4. The van der Waals surface area contributed by atoms with E-state index < -0.39 is 0 Å². The van der Waals surface area contributed by atoms with Crippen molar-refractivity contribution in [1.82, 2.24) is 0 Å². The normalized spacial score (nSPS) is 10.6. The van der Waals surface area contributed by atoms with Gasteiger partial charge in [-0.1, -0.05) is 0 Å². The third kappa shape index (κ3) is 1.36. The molecule has 1 aromatic heterocycles. The van der Waals surface area contributed by atoms with Crippen LogP contribution < -0.4 is 11.2 Å². The average molecular weight is 191 g/mol. The number of rotatable bonds is 1. The van der Waals surface area contributed by atoms with Gasteiger partial charge in [0.15, 0.2) is 5.43 Å². The fourth-order valence-corrected chi connectivity index (χ4v) is 1.29. The lowest BCUT2D eigenvalue weighted by Gasteiger charge is -2.00. The van der Waals surface area contributed by atoms with Crippen molar-refractivity contribution in [1.29, 1.82) is 0 Å². The van der Waals surface area contributed by atoms with Gasteiger partial charge in [-0.15, -0.1) is 0 Å². The van der Waals surface area contributed by atoms with E-state index in [1.54, 1.807) is 0 Å². The van der Waals surface area contributed by atoms with Crippen LogP contribution in [0.15, 0.2) is 33.5 Å². The lowest BCUT2D eigenvalue weighted by Crippen LogP contribution is -2.05. The quantitative estimate of drug-likeness (QED) is 0.703. The second-order valence-electron chi connectivity index (χ2n) is 2.96. The molecule has 0 aliphatic heterocycles. The zero-order valence-corrected chi connectivity index (χ0v) is 7.36. The molecule has 0 bridgehead atoms. The van der Waals surface area contributed by atoms with Gasteiger partial charge in [-0.05, 0) is 12.1 Å². The molecule has 0 aliphatic carbocycles. The first-order valence-electron chi connectivity index (χ1n) is 4.16. The highest BCUT2D eigenvalue weighted by molar-refractivity contribution is 5.77. The average Bonchev–Trinajstić information content (AvgIpc) is 2.16. The van der Waals surface area contributed by atoms with Gasteiger partial charge in [-0.25, -0.2) is 0 Å². The Labute approximate surface area is 79.6 Å². The topological polar surface area (TPSA) is 76.5 Å². The van der Waals surface area contributed by atoms with Gasteiger partial charge in [-0.2, -0.15) is 0 Å². The summed E-state index contributed by atoms with van der Waals surface area (Å²) in [6.45, 7) is 0.167. The Hall–Kier alpha value is -1.81.